The molecule has 0 rings (SSSR count). The number of hydrogen-bond donors (Lipinski definition) is 1. The molecule has 0 aliphatic carbocycles. The SMILES string of the molecule is CC(CC(F)(F)F)NC(=O)OC(C)(C)C. The van der Waals surface area contributed by atoms with Gasteiger partial charge in [0.25, 0.3) is 0 Å². The number of ether oxygens (including phenoxy) is 1. The fraction of sp³-hybridized carbons (Fsp3) is 0.889. The van der Waals surface area contributed by atoms with Gasteiger partial charge in [0.05, 0.1) is 6.42 Å². The minimum atomic E-state index is -4.28. The Kier molecular flexibility index (Phi) is 4.42. The Bertz CT molecular complexity index is 220. The molecule has 1 unspecified atom stereocenters. The van der Waals surface area contributed by atoms with Crippen molar-refractivity contribution >= 4 is 6.09 Å². The number of amides is 1. The van der Waals surface area contributed by atoms with Crippen LogP contribution in [0.3, 0.4) is 0 Å². The van der Waals surface area contributed by atoms with E-state index in [0.717, 1.165) is 0 Å². The molecule has 0 radical (unpaired) electrons. The molecule has 0 aliphatic heterocycles. The van der Waals surface area contributed by atoms with Crippen molar-refractivity contribution < 1.29 is 22.7 Å². The Morgan fingerprint density at radius 3 is 2.13 bits per heavy atom. The summed E-state index contributed by atoms with van der Waals surface area (Å²) < 4.78 is 40.5. The predicted molar refractivity (Wildman–Crippen MR) is 49.5 cm³/mol. The third-order valence-electron chi connectivity index (χ3n) is 1.30. The first-order valence-corrected chi connectivity index (χ1v) is 4.56. The number of hydrogen-bond acceptors (Lipinski definition) is 2. The average molecular weight is 227 g/mol. The van der Waals surface area contributed by atoms with Gasteiger partial charge < -0.3 is 10.1 Å². The molecule has 0 spiro atoms. The number of carbonyl (C=O) groups excluding carboxylic acids is 1. The van der Waals surface area contributed by atoms with Crippen LogP contribution in [0.15, 0.2) is 0 Å². The Hall–Kier alpha value is -0.940. The van der Waals surface area contributed by atoms with Gasteiger partial charge in [-0.25, -0.2) is 4.79 Å². The fourth-order valence-electron chi connectivity index (χ4n) is 0.907. The van der Waals surface area contributed by atoms with Crippen molar-refractivity contribution in [2.24, 2.45) is 0 Å². The van der Waals surface area contributed by atoms with Crippen LogP contribution in [0, 0.1) is 0 Å². The standard InChI is InChI=1S/C9H16F3NO2/c1-6(5-9(10,11)12)13-7(14)15-8(2,3)4/h6H,5H2,1-4H3,(H,13,14). The molecule has 90 valence electrons. The van der Waals surface area contributed by atoms with Gasteiger partial charge in [0.2, 0.25) is 0 Å². The molecule has 1 atom stereocenters. The summed E-state index contributed by atoms with van der Waals surface area (Å²) in [5.74, 6) is 0. The monoisotopic (exact) mass is 227 g/mol. The lowest BCUT2D eigenvalue weighted by molar-refractivity contribution is -0.138. The minimum Gasteiger partial charge on any atom is -0.444 e. The number of rotatable bonds is 2. The normalized spacial score (nSPS) is 14.6. The second-order valence-electron chi connectivity index (χ2n) is 4.37. The van der Waals surface area contributed by atoms with Crippen molar-refractivity contribution in [1.82, 2.24) is 5.32 Å². The Balaban J connectivity index is 3.98. The minimum absolute atomic E-state index is 0.706. The highest BCUT2D eigenvalue weighted by Crippen LogP contribution is 2.21. The van der Waals surface area contributed by atoms with Crippen LogP contribution in [0.4, 0.5) is 18.0 Å². The molecule has 0 aromatic heterocycles. The maximum absolute atomic E-state index is 11.9. The summed E-state index contributed by atoms with van der Waals surface area (Å²) in [7, 11) is 0. The highest BCUT2D eigenvalue weighted by Gasteiger charge is 2.31. The first-order valence-electron chi connectivity index (χ1n) is 4.56. The number of carbonyl (C=O) groups is 1. The zero-order valence-electron chi connectivity index (χ0n) is 9.23. The first-order chi connectivity index (χ1) is 6.49. The third kappa shape index (κ3) is 9.37. The van der Waals surface area contributed by atoms with E-state index in [9.17, 15) is 18.0 Å². The van der Waals surface area contributed by atoms with Crippen LogP contribution in [0.25, 0.3) is 0 Å². The van der Waals surface area contributed by atoms with Crippen LogP contribution < -0.4 is 5.32 Å². The summed E-state index contributed by atoms with van der Waals surface area (Å²) >= 11 is 0. The molecular formula is C9H16F3NO2. The summed E-state index contributed by atoms with van der Waals surface area (Å²) in [6.07, 6.45) is -6.18. The van der Waals surface area contributed by atoms with Gasteiger partial charge in [0.1, 0.15) is 5.60 Å². The molecule has 0 heterocycles. The van der Waals surface area contributed by atoms with Crippen LogP contribution in [-0.2, 0) is 4.74 Å². The molecule has 0 aliphatic rings. The lowest BCUT2D eigenvalue weighted by Crippen LogP contribution is -2.39. The third-order valence-corrected chi connectivity index (χ3v) is 1.30. The van der Waals surface area contributed by atoms with Crippen LogP contribution in [0.5, 0.6) is 0 Å². The van der Waals surface area contributed by atoms with E-state index in [-0.39, 0.29) is 0 Å². The molecular weight excluding hydrogens is 211 g/mol. The summed E-state index contributed by atoms with van der Waals surface area (Å²) in [6, 6.07) is -0.986. The van der Waals surface area contributed by atoms with Crippen molar-refractivity contribution in [3.8, 4) is 0 Å². The van der Waals surface area contributed by atoms with Gasteiger partial charge in [0, 0.05) is 6.04 Å². The highest BCUT2D eigenvalue weighted by molar-refractivity contribution is 5.68. The number of nitrogens with one attached hydrogen (secondary N) is 1. The molecule has 3 nitrogen and oxygen atoms in total. The average Bonchev–Trinajstić information content (AvgIpc) is 1.73. The van der Waals surface area contributed by atoms with Gasteiger partial charge >= 0.3 is 12.3 Å². The van der Waals surface area contributed by atoms with Gasteiger partial charge in [-0.1, -0.05) is 0 Å². The molecule has 0 saturated heterocycles. The van der Waals surface area contributed by atoms with E-state index in [4.69, 9.17) is 4.74 Å². The maximum Gasteiger partial charge on any atom is 0.407 e. The van der Waals surface area contributed by atoms with Gasteiger partial charge in [-0.3, -0.25) is 0 Å². The van der Waals surface area contributed by atoms with Crippen LogP contribution in [0.1, 0.15) is 34.1 Å². The maximum atomic E-state index is 11.9. The highest BCUT2D eigenvalue weighted by atomic mass is 19.4. The van der Waals surface area contributed by atoms with Crippen molar-refractivity contribution in [3.63, 3.8) is 0 Å². The van der Waals surface area contributed by atoms with Gasteiger partial charge in [-0.2, -0.15) is 13.2 Å². The van der Waals surface area contributed by atoms with Crippen molar-refractivity contribution in [3.05, 3.63) is 0 Å². The van der Waals surface area contributed by atoms with Crippen molar-refractivity contribution in [2.75, 3.05) is 0 Å². The second-order valence-corrected chi connectivity index (χ2v) is 4.37. The molecule has 6 heteroatoms. The molecule has 0 aromatic rings. The van der Waals surface area contributed by atoms with Gasteiger partial charge in [-0.05, 0) is 27.7 Å². The van der Waals surface area contributed by atoms with E-state index >= 15 is 0 Å². The van der Waals surface area contributed by atoms with Gasteiger partial charge in [-0.15, -0.1) is 0 Å². The van der Waals surface area contributed by atoms with E-state index in [1.165, 1.54) is 6.92 Å². The topological polar surface area (TPSA) is 38.3 Å². The number of alkyl halides is 3. The van der Waals surface area contributed by atoms with E-state index in [0.29, 0.717) is 0 Å². The number of halogens is 3. The lowest BCUT2D eigenvalue weighted by Gasteiger charge is -2.22. The quantitative estimate of drug-likeness (QED) is 0.787. The molecule has 1 N–H and O–H groups in total. The fourth-order valence-corrected chi connectivity index (χ4v) is 0.907. The molecule has 0 bridgehead atoms. The van der Waals surface area contributed by atoms with E-state index in [1.54, 1.807) is 20.8 Å². The molecule has 0 saturated carbocycles. The smallest absolute Gasteiger partial charge is 0.407 e. The summed E-state index contributed by atoms with van der Waals surface area (Å²) in [5.41, 5.74) is -0.706. The summed E-state index contributed by atoms with van der Waals surface area (Å²) in [6.45, 7) is 6.19. The molecule has 15 heavy (non-hydrogen) atoms. The van der Waals surface area contributed by atoms with E-state index in [1.807, 2.05) is 0 Å². The van der Waals surface area contributed by atoms with Crippen molar-refractivity contribution in [2.45, 2.75) is 51.9 Å². The zero-order chi connectivity index (χ0) is 12.3. The first kappa shape index (κ1) is 14.1. The molecule has 0 aromatic carbocycles. The van der Waals surface area contributed by atoms with Crippen LogP contribution in [-0.4, -0.2) is 23.9 Å². The van der Waals surface area contributed by atoms with Crippen LogP contribution >= 0.6 is 0 Å². The van der Waals surface area contributed by atoms with Crippen molar-refractivity contribution in [1.29, 1.82) is 0 Å². The predicted octanol–water partition coefficient (Wildman–Crippen LogP) is 2.85. The number of alkyl carbamates (subject to hydrolysis) is 1. The zero-order valence-corrected chi connectivity index (χ0v) is 9.23. The Morgan fingerprint density at radius 2 is 1.80 bits per heavy atom. The molecule has 1 amide bonds. The van der Waals surface area contributed by atoms with Crippen LogP contribution in [0.2, 0.25) is 0 Å². The Labute approximate surface area is 87.0 Å². The lowest BCUT2D eigenvalue weighted by atomic mass is 10.2. The van der Waals surface area contributed by atoms with Gasteiger partial charge in [0.15, 0.2) is 0 Å². The second kappa shape index (κ2) is 4.72. The van der Waals surface area contributed by atoms with E-state index in [2.05, 4.69) is 5.32 Å². The van der Waals surface area contributed by atoms with E-state index < -0.39 is 30.3 Å². The largest absolute Gasteiger partial charge is 0.444 e. The Morgan fingerprint density at radius 1 is 1.33 bits per heavy atom. The summed E-state index contributed by atoms with van der Waals surface area (Å²) in [4.78, 5) is 11.1. The summed E-state index contributed by atoms with van der Waals surface area (Å²) in [5, 5.41) is 2.11. The molecule has 0 fully saturated rings.